The second-order valence-corrected chi connectivity index (χ2v) is 7.16. The van der Waals surface area contributed by atoms with Gasteiger partial charge in [-0.15, -0.1) is 0 Å². The molecule has 5 N–H and O–H groups in total. The van der Waals surface area contributed by atoms with Crippen molar-refractivity contribution in [2.75, 3.05) is 16.4 Å². The second-order valence-electron chi connectivity index (χ2n) is 7.16. The molecule has 2 aromatic heterocycles. The smallest absolute Gasteiger partial charge is 0.276 e. The Labute approximate surface area is 183 Å². The van der Waals surface area contributed by atoms with Gasteiger partial charge in [-0.25, -0.2) is 4.98 Å². The van der Waals surface area contributed by atoms with Crippen LogP contribution in [0.3, 0.4) is 0 Å². The third-order valence-electron chi connectivity index (χ3n) is 4.97. The van der Waals surface area contributed by atoms with Gasteiger partial charge in [-0.1, -0.05) is 42.5 Å². The van der Waals surface area contributed by atoms with E-state index >= 15 is 0 Å². The van der Waals surface area contributed by atoms with E-state index in [2.05, 4.69) is 30.8 Å². The lowest BCUT2D eigenvalue weighted by molar-refractivity contribution is 0.102. The molecule has 0 fully saturated rings. The molecule has 8 heteroatoms. The summed E-state index contributed by atoms with van der Waals surface area (Å²) in [5, 5.41) is 13.9. The minimum Gasteiger partial charge on any atom is -0.368 e. The van der Waals surface area contributed by atoms with Crippen LogP contribution in [0.4, 0.5) is 23.1 Å². The summed E-state index contributed by atoms with van der Waals surface area (Å²) in [5.41, 5.74) is 10.3. The number of H-pyrrole nitrogens is 1. The van der Waals surface area contributed by atoms with Gasteiger partial charge in [0.2, 0.25) is 5.95 Å². The molecule has 1 amide bonds. The van der Waals surface area contributed by atoms with Gasteiger partial charge in [-0.05, 0) is 47.5 Å². The van der Waals surface area contributed by atoms with Crippen LogP contribution in [0.1, 0.15) is 10.5 Å². The Kier molecular flexibility index (Phi) is 4.93. The summed E-state index contributed by atoms with van der Waals surface area (Å²) in [7, 11) is 0. The first-order valence-electron chi connectivity index (χ1n) is 9.96. The molecule has 3 aromatic carbocycles. The van der Waals surface area contributed by atoms with Gasteiger partial charge in [-0.2, -0.15) is 10.1 Å². The van der Waals surface area contributed by atoms with Gasteiger partial charge in [0, 0.05) is 23.0 Å². The highest BCUT2D eigenvalue weighted by Crippen LogP contribution is 2.25. The van der Waals surface area contributed by atoms with Gasteiger partial charge in [0.1, 0.15) is 5.82 Å². The van der Waals surface area contributed by atoms with Crippen molar-refractivity contribution in [1.82, 2.24) is 20.2 Å². The molecule has 0 unspecified atom stereocenters. The van der Waals surface area contributed by atoms with Gasteiger partial charge in [-0.3, -0.25) is 9.89 Å². The molecule has 5 aromatic rings. The van der Waals surface area contributed by atoms with E-state index in [0.29, 0.717) is 22.6 Å². The Bertz CT molecular complexity index is 1400. The number of nitrogen functional groups attached to an aromatic ring is 1. The van der Waals surface area contributed by atoms with Gasteiger partial charge >= 0.3 is 0 Å². The number of aromatic amines is 1. The van der Waals surface area contributed by atoms with E-state index in [1.807, 2.05) is 72.8 Å². The number of aromatic nitrogens is 4. The fourth-order valence-corrected chi connectivity index (χ4v) is 3.42. The molecule has 32 heavy (non-hydrogen) atoms. The lowest BCUT2D eigenvalue weighted by Gasteiger charge is -2.07. The number of anilines is 4. The number of nitrogens with two attached hydrogens (primary N) is 1. The van der Waals surface area contributed by atoms with E-state index in [1.54, 1.807) is 12.3 Å². The maximum atomic E-state index is 12.9. The van der Waals surface area contributed by atoms with Gasteiger partial charge in [0.05, 0.1) is 5.52 Å². The summed E-state index contributed by atoms with van der Waals surface area (Å²) in [4.78, 5) is 20.9. The molecule has 5 rings (SSSR count). The average Bonchev–Trinajstić information content (AvgIpc) is 3.24. The monoisotopic (exact) mass is 421 g/mol. The average molecular weight is 421 g/mol. The molecule has 0 saturated heterocycles. The molecular formula is C24H19N7O. The zero-order chi connectivity index (χ0) is 21.9. The molecular weight excluding hydrogens is 402 g/mol. The van der Waals surface area contributed by atoms with E-state index in [1.165, 1.54) is 0 Å². The van der Waals surface area contributed by atoms with Crippen LogP contribution in [-0.4, -0.2) is 26.1 Å². The lowest BCUT2D eigenvalue weighted by atomic mass is 10.1. The molecule has 8 nitrogen and oxygen atoms in total. The summed E-state index contributed by atoms with van der Waals surface area (Å²) in [6.45, 7) is 0. The van der Waals surface area contributed by atoms with Crippen molar-refractivity contribution >= 4 is 40.0 Å². The van der Waals surface area contributed by atoms with Gasteiger partial charge in [0.15, 0.2) is 5.69 Å². The van der Waals surface area contributed by atoms with Crippen molar-refractivity contribution in [3.63, 3.8) is 0 Å². The molecule has 0 atom stereocenters. The van der Waals surface area contributed by atoms with Crippen LogP contribution in [0.15, 0.2) is 85.1 Å². The van der Waals surface area contributed by atoms with Crippen molar-refractivity contribution in [2.45, 2.75) is 0 Å². The molecule has 0 spiro atoms. The van der Waals surface area contributed by atoms with Crippen LogP contribution in [-0.2, 0) is 0 Å². The molecule has 0 aliphatic rings. The van der Waals surface area contributed by atoms with Crippen molar-refractivity contribution in [1.29, 1.82) is 0 Å². The Hall–Kier alpha value is -4.72. The van der Waals surface area contributed by atoms with E-state index < -0.39 is 0 Å². The molecule has 2 heterocycles. The fraction of sp³-hybridized carbons (Fsp3) is 0. The highest BCUT2D eigenvalue weighted by atomic mass is 16.1. The predicted molar refractivity (Wildman–Crippen MR) is 126 cm³/mol. The highest BCUT2D eigenvalue weighted by Gasteiger charge is 2.15. The number of nitrogens with zero attached hydrogens (tertiary/aromatic N) is 3. The van der Waals surface area contributed by atoms with Crippen LogP contribution in [0.5, 0.6) is 0 Å². The standard InChI is InChI=1S/C24H19N7O/c25-24-26-13-12-21(29-24)27-18-10-11-20-19(14-18)22(31-30-20)23(32)28-17-8-6-16(7-9-17)15-4-2-1-3-5-15/h1-14H,(H,28,32)(H,30,31)(H3,25,26,27,29). The second kappa shape index (κ2) is 8.19. The van der Waals surface area contributed by atoms with Crippen LogP contribution in [0, 0.1) is 0 Å². The lowest BCUT2D eigenvalue weighted by Crippen LogP contribution is -2.12. The predicted octanol–water partition coefficient (Wildman–Crippen LogP) is 4.60. The first-order chi connectivity index (χ1) is 15.7. The third kappa shape index (κ3) is 3.97. The van der Waals surface area contributed by atoms with Crippen LogP contribution in [0.25, 0.3) is 22.0 Å². The minimum absolute atomic E-state index is 0.178. The Morgan fingerprint density at radius 1 is 0.875 bits per heavy atom. The highest BCUT2D eigenvalue weighted by molar-refractivity contribution is 6.11. The van der Waals surface area contributed by atoms with E-state index in [4.69, 9.17) is 5.73 Å². The number of hydrogen-bond donors (Lipinski definition) is 4. The number of carbonyl (C=O) groups is 1. The first kappa shape index (κ1) is 19.3. The van der Waals surface area contributed by atoms with Crippen molar-refractivity contribution in [3.05, 3.63) is 90.8 Å². The van der Waals surface area contributed by atoms with E-state index in [-0.39, 0.29) is 11.9 Å². The number of hydrogen-bond acceptors (Lipinski definition) is 6. The SMILES string of the molecule is Nc1nccc(Nc2ccc3[nH]nc(C(=O)Nc4ccc(-c5ccccc5)cc4)c3c2)n1. The van der Waals surface area contributed by atoms with Crippen molar-refractivity contribution in [2.24, 2.45) is 0 Å². The summed E-state index contributed by atoms with van der Waals surface area (Å²) >= 11 is 0. The number of carbonyl (C=O) groups excluding carboxylic acids is 1. The normalized spacial score (nSPS) is 10.8. The number of rotatable bonds is 5. The van der Waals surface area contributed by atoms with Crippen LogP contribution < -0.4 is 16.4 Å². The minimum atomic E-state index is -0.299. The molecule has 0 radical (unpaired) electrons. The fourth-order valence-electron chi connectivity index (χ4n) is 3.42. The summed E-state index contributed by atoms with van der Waals surface area (Å²) in [6.07, 6.45) is 1.57. The Balaban J connectivity index is 1.36. The summed E-state index contributed by atoms with van der Waals surface area (Å²) < 4.78 is 0. The zero-order valence-corrected chi connectivity index (χ0v) is 16.9. The maximum absolute atomic E-state index is 12.9. The number of nitrogens with one attached hydrogen (secondary N) is 3. The maximum Gasteiger partial charge on any atom is 0.276 e. The number of benzene rings is 3. The molecule has 0 bridgehead atoms. The topological polar surface area (TPSA) is 122 Å². The summed E-state index contributed by atoms with van der Waals surface area (Å²) in [5.74, 6) is 0.440. The molecule has 0 aliphatic carbocycles. The molecule has 0 saturated carbocycles. The van der Waals surface area contributed by atoms with E-state index in [0.717, 1.165) is 22.3 Å². The van der Waals surface area contributed by atoms with Crippen LogP contribution >= 0.6 is 0 Å². The Morgan fingerprint density at radius 3 is 2.41 bits per heavy atom. The first-order valence-corrected chi connectivity index (χ1v) is 9.96. The largest absolute Gasteiger partial charge is 0.368 e. The van der Waals surface area contributed by atoms with E-state index in [9.17, 15) is 4.79 Å². The number of fused-ring (bicyclic) bond motifs is 1. The van der Waals surface area contributed by atoms with Gasteiger partial charge < -0.3 is 16.4 Å². The quantitative estimate of drug-likeness (QED) is 0.329. The van der Waals surface area contributed by atoms with Crippen LogP contribution in [0.2, 0.25) is 0 Å². The molecule has 0 aliphatic heterocycles. The summed E-state index contributed by atoms with van der Waals surface area (Å²) in [6, 6.07) is 25.0. The van der Waals surface area contributed by atoms with Gasteiger partial charge in [0.25, 0.3) is 5.91 Å². The molecule has 156 valence electrons. The van der Waals surface area contributed by atoms with Crippen molar-refractivity contribution < 1.29 is 4.79 Å². The van der Waals surface area contributed by atoms with Crippen molar-refractivity contribution in [3.8, 4) is 11.1 Å². The Morgan fingerprint density at radius 2 is 1.62 bits per heavy atom. The third-order valence-corrected chi connectivity index (χ3v) is 4.97. The number of amides is 1. The zero-order valence-electron chi connectivity index (χ0n) is 16.9.